The molecule has 2 aliphatic heterocycles. The van der Waals surface area contributed by atoms with E-state index in [9.17, 15) is 73.9 Å². The molecular weight excluding hydrogens is 575 g/mol. The van der Waals surface area contributed by atoms with Crippen molar-refractivity contribution in [1.29, 1.82) is 0 Å². The maximum Gasteiger partial charge on any atom is 1.00 e. The van der Waals surface area contributed by atoms with Gasteiger partial charge in [0.05, 0.1) is 19.8 Å². The SMILES string of the molecule is O=C([C@H](O)[C@@H](O)[C@H](O)[C@H](O)CO[C@H]1O[C@H](CO[C@H]2O[C@H](CO)[C@@H](O)[C@H](O)[C@H]2O)[C@@H](O)[C@H](O)[C@H]1O)S(=O)(=O)[O-].[Na+]. The zero-order valence-corrected chi connectivity index (χ0v) is 23.1. The second kappa shape index (κ2) is 15.5. The van der Waals surface area contributed by atoms with Crippen LogP contribution >= 0.6 is 0 Å². The van der Waals surface area contributed by atoms with Crippen molar-refractivity contribution in [3.8, 4) is 0 Å². The van der Waals surface area contributed by atoms with Gasteiger partial charge in [0, 0.05) is 0 Å². The average molecular weight is 606 g/mol. The van der Waals surface area contributed by atoms with E-state index in [1.54, 1.807) is 0 Å². The Labute approximate surface area is 242 Å². The third-order valence-electron chi connectivity index (χ3n) is 5.93. The molecule has 2 fully saturated rings. The molecule has 0 bridgehead atoms. The second-order valence-electron chi connectivity index (χ2n) is 8.65. The first kappa shape index (κ1) is 37.0. The predicted octanol–water partition coefficient (Wildman–Crippen LogP) is -11.9. The van der Waals surface area contributed by atoms with E-state index in [2.05, 4.69) is 0 Å². The van der Waals surface area contributed by atoms with E-state index in [0.29, 0.717) is 0 Å². The van der Waals surface area contributed by atoms with Crippen molar-refractivity contribution in [2.24, 2.45) is 0 Å². The topological polar surface area (TPSA) is 334 Å². The summed E-state index contributed by atoms with van der Waals surface area (Å²) in [7, 11) is -5.69. The molecule has 0 aromatic carbocycles. The molecule has 0 aromatic rings. The summed E-state index contributed by atoms with van der Waals surface area (Å²) < 4.78 is 52.6. The molecule has 224 valence electrons. The number of aliphatic hydroxyl groups excluding tert-OH is 11. The first-order chi connectivity index (χ1) is 17.5. The molecule has 14 atom stereocenters. The molecule has 0 radical (unpaired) electrons. The van der Waals surface area contributed by atoms with Crippen LogP contribution in [0.5, 0.6) is 0 Å². The van der Waals surface area contributed by atoms with Gasteiger partial charge in [-0.15, -0.1) is 0 Å². The Hall–Kier alpha value is -0.0200. The smallest absolute Gasteiger partial charge is 0.742 e. The zero-order valence-electron chi connectivity index (χ0n) is 20.3. The minimum absolute atomic E-state index is 0. The molecule has 0 unspecified atom stereocenters. The van der Waals surface area contributed by atoms with Crippen molar-refractivity contribution in [2.45, 2.75) is 85.8 Å². The molecule has 0 aromatic heterocycles. The summed E-state index contributed by atoms with van der Waals surface area (Å²) in [5, 5.41) is 106. The fourth-order valence-electron chi connectivity index (χ4n) is 3.58. The Bertz CT molecular complexity index is 876. The van der Waals surface area contributed by atoms with Crippen molar-refractivity contribution in [3.63, 3.8) is 0 Å². The summed E-state index contributed by atoms with van der Waals surface area (Å²) in [5.74, 6) is 0. The Morgan fingerprint density at radius 2 is 1.23 bits per heavy atom. The van der Waals surface area contributed by atoms with Crippen molar-refractivity contribution in [3.05, 3.63) is 0 Å². The number of hydrogen-bond donors (Lipinski definition) is 11. The van der Waals surface area contributed by atoms with Gasteiger partial charge in [-0.2, -0.15) is 0 Å². The number of rotatable bonds is 11. The van der Waals surface area contributed by atoms with Gasteiger partial charge in [0.2, 0.25) is 0 Å². The van der Waals surface area contributed by atoms with Gasteiger partial charge in [0.15, 0.2) is 28.8 Å². The Morgan fingerprint density at radius 1 is 0.769 bits per heavy atom. The molecular formula is C18H31NaO19S. The van der Waals surface area contributed by atoms with E-state index in [0.717, 1.165) is 0 Å². The van der Waals surface area contributed by atoms with Gasteiger partial charge in [-0.1, -0.05) is 0 Å². The van der Waals surface area contributed by atoms with Crippen LogP contribution in [0.1, 0.15) is 0 Å². The predicted molar refractivity (Wildman–Crippen MR) is 111 cm³/mol. The van der Waals surface area contributed by atoms with Crippen LogP contribution in [0.2, 0.25) is 0 Å². The minimum Gasteiger partial charge on any atom is -0.742 e. The molecule has 2 rings (SSSR count). The monoisotopic (exact) mass is 606 g/mol. The number of carbonyl (C=O) groups is 1. The number of carbonyl (C=O) groups excluding carboxylic acids is 1. The molecule has 0 spiro atoms. The molecule has 0 saturated carbocycles. The van der Waals surface area contributed by atoms with Gasteiger partial charge in [-0.25, -0.2) is 8.42 Å². The molecule has 11 N–H and O–H groups in total. The molecule has 39 heavy (non-hydrogen) atoms. The molecule has 0 aliphatic carbocycles. The quantitative estimate of drug-likeness (QED) is 0.0767. The van der Waals surface area contributed by atoms with Crippen LogP contribution in [0, 0.1) is 0 Å². The van der Waals surface area contributed by atoms with Crippen molar-refractivity contribution in [1.82, 2.24) is 0 Å². The van der Waals surface area contributed by atoms with Gasteiger partial charge in [0.1, 0.15) is 67.1 Å². The first-order valence-corrected chi connectivity index (χ1v) is 12.4. The van der Waals surface area contributed by atoms with Crippen LogP contribution in [0.3, 0.4) is 0 Å². The minimum atomic E-state index is -5.69. The normalized spacial score (nSPS) is 38.8. The van der Waals surface area contributed by atoms with E-state index in [1.165, 1.54) is 0 Å². The van der Waals surface area contributed by atoms with E-state index in [4.69, 9.17) is 18.9 Å². The number of hydrogen-bond acceptors (Lipinski definition) is 19. The Balaban J connectivity index is 0.00000760. The van der Waals surface area contributed by atoms with E-state index in [-0.39, 0.29) is 29.6 Å². The van der Waals surface area contributed by atoms with Crippen LogP contribution in [0.25, 0.3) is 0 Å². The van der Waals surface area contributed by atoms with Gasteiger partial charge in [-0.05, 0) is 0 Å². The van der Waals surface area contributed by atoms with Gasteiger partial charge in [-0.3, -0.25) is 4.79 Å². The summed E-state index contributed by atoms with van der Waals surface area (Å²) >= 11 is 0. The molecule has 2 heterocycles. The van der Waals surface area contributed by atoms with Crippen LogP contribution in [0.15, 0.2) is 0 Å². The Morgan fingerprint density at radius 3 is 1.72 bits per heavy atom. The molecule has 2 saturated heterocycles. The third-order valence-corrected chi connectivity index (χ3v) is 6.66. The molecule has 0 amide bonds. The van der Waals surface area contributed by atoms with E-state index in [1.807, 2.05) is 0 Å². The van der Waals surface area contributed by atoms with Gasteiger partial charge in [0.25, 0.3) is 5.12 Å². The Kier molecular flexibility index (Phi) is 14.7. The van der Waals surface area contributed by atoms with Crippen molar-refractivity contribution >= 4 is 15.2 Å². The first-order valence-electron chi connectivity index (χ1n) is 11.0. The fraction of sp³-hybridized carbons (Fsp3) is 0.944. The van der Waals surface area contributed by atoms with Crippen LogP contribution in [-0.4, -0.2) is 180 Å². The van der Waals surface area contributed by atoms with Crippen LogP contribution in [-0.2, 0) is 33.9 Å². The van der Waals surface area contributed by atoms with E-state index < -0.39 is 121 Å². The largest absolute Gasteiger partial charge is 1.00 e. The number of aliphatic hydroxyl groups is 11. The fourth-order valence-corrected chi connectivity index (χ4v) is 4.02. The summed E-state index contributed by atoms with van der Waals surface area (Å²) in [6.45, 7) is -2.50. The van der Waals surface area contributed by atoms with Crippen molar-refractivity contribution in [2.75, 3.05) is 19.8 Å². The number of ether oxygens (including phenoxy) is 4. The maximum atomic E-state index is 11.2. The second-order valence-corrected chi connectivity index (χ2v) is 9.96. The summed E-state index contributed by atoms with van der Waals surface area (Å²) in [6, 6.07) is 0. The summed E-state index contributed by atoms with van der Waals surface area (Å²) in [5.41, 5.74) is 0. The third kappa shape index (κ3) is 8.98. The molecule has 2 aliphatic rings. The summed E-state index contributed by atoms with van der Waals surface area (Å²) in [4.78, 5) is 11.2. The van der Waals surface area contributed by atoms with Crippen molar-refractivity contribution < 1.29 is 122 Å². The molecule has 21 heteroatoms. The molecule has 19 nitrogen and oxygen atoms in total. The average Bonchev–Trinajstić information content (AvgIpc) is 2.87. The van der Waals surface area contributed by atoms with Crippen LogP contribution < -0.4 is 29.6 Å². The van der Waals surface area contributed by atoms with E-state index >= 15 is 0 Å². The zero-order chi connectivity index (χ0) is 29.1. The van der Waals surface area contributed by atoms with Crippen LogP contribution in [0.4, 0.5) is 0 Å². The van der Waals surface area contributed by atoms with Gasteiger partial charge >= 0.3 is 29.6 Å². The standard InChI is InChI=1S/C18H32O19S.Na/c19-1-5-8(22)11(25)14(28)18(36-5)35-3-6-9(23)12(26)15(29)17(37-6)34-2-4(20)7(21)10(24)13(27)16(30)38(31,32)33;/h4-15,17-29H,1-3H2,(H,31,32,33);/q;+1/p-1/t4-,5-,6-,7-,8-,9-,10+,11+,12+,13-,14-,15-,17+,18+;/m1./s1. The summed E-state index contributed by atoms with van der Waals surface area (Å²) in [6.07, 6.45) is -27.6. The van der Waals surface area contributed by atoms with Gasteiger partial charge < -0.3 is 79.7 Å². The maximum absolute atomic E-state index is 11.2.